The van der Waals surface area contributed by atoms with Crippen LogP contribution in [-0.2, 0) is 6.61 Å². The van der Waals surface area contributed by atoms with Crippen molar-refractivity contribution >= 4 is 17.8 Å². The normalized spacial score (nSPS) is 11.0. The maximum absolute atomic E-state index is 13.7. The maximum atomic E-state index is 13.7. The molecule has 0 saturated heterocycles. The fraction of sp³-hybridized carbons (Fsp3) is 0.118. The van der Waals surface area contributed by atoms with E-state index in [0.717, 1.165) is 0 Å². The number of rotatable bonds is 6. The van der Waals surface area contributed by atoms with Crippen LogP contribution in [0.1, 0.15) is 11.1 Å². The minimum atomic E-state index is -0.338. The molecule has 6 nitrogen and oxygen atoms in total. The summed E-state index contributed by atoms with van der Waals surface area (Å²) >= 11 is 6.29. The summed E-state index contributed by atoms with van der Waals surface area (Å²) in [5.74, 6) is 0.429. The second kappa shape index (κ2) is 7.76. The van der Waals surface area contributed by atoms with Gasteiger partial charge in [-0.05, 0) is 23.8 Å². The molecular formula is C17H14ClFN4O2. The minimum absolute atomic E-state index is 0.0386. The number of halogens is 2. The van der Waals surface area contributed by atoms with E-state index in [2.05, 4.69) is 15.3 Å². The number of ether oxygens (including phenoxy) is 2. The summed E-state index contributed by atoms with van der Waals surface area (Å²) in [7, 11) is 1.50. The van der Waals surface area contributed by atoms with E-state index in [1.54, 1.807) is 36.5 Å². The van der Waals surface area contributed by atoms with Gasteiger partial charge in [0.25, 0.3) is 0 Å². The molecule has 0 atom stereocenters. The van der Waals surface area contributed by atoms with Gasteiger partial charge in [0, 0.05) is 5.56 Å². The van der Waals surface area contributed by atoms with Crippen LogP contribution in [0.2, 0.25) is 5.02 Å². The summed E-state index contributed by atoms with van der Waals surface area (Å²) in [5.41, 5.74) is 1.13. The molecule has 1 heterocycles. The highest BCUT2D eigenvalue weighted by atomic mass is 35.5. The van der Waals surface area contributed by atoms with E-state index in [-0.39, 0.29) is 12.4 Å². The first kappa shape index (κ1) is 16.9. The first-order chi connectivity index (χ1) is 12.2. The van der Waals surface area contributed by atoms with Crippen molar-refractivity contribution in [2.75, 3.05) is 7.11 Å². The van der Waals surface area contributed by atoms with Crippen molar-refractivity contribution in [1.82, 2.24) is 14.9 Å². The third kappa shape index (κ3) is 4.13. The Bertz CT molecular complexity index is 884. The highest BCUT2D eigenvalue weighted by molar-refractivity contribution is 6.32. The Morgan fingerprint density at radius 3 is 2.72 bits per heavy atom. The van der Waals surface area contributed by atoms with E-state index in [9.17, 15) is 4.39 Å². The average Bonchev–Trinajstić information content (AvgIpc) is 3.13. The van der Waals surface area contributed by atoms with Gasteiger partial charge in [-0.2, -0.15) is 5.10 Å². The van der Waals surface area contributed by atoms with Crippen LogP contribution < -0.4 is 9.47 Å². The molecule has 0 N–H and O–H groups in total. The van der Waals surface area contributed by atoms with E-state index in [1.807, 2.05) is 0 Å². The third-order valence-electron chi connectivity index (χ3n) is 3.33. The molecule has 0 aliphatic rings. The average molecular weight is 361 g/mol. The highest BCUT2D eigenvalue weighted by Gasteiger charge is 2.13. The predicted molar refractivity (Wildman–Crippen MR) is 91.8 cm³/mol. The van der Waals surface area contributed by atoms with Gasteiger partial charge in [-0.15, -0.1) is 10.2 Å². The van der Waals surface area contributed by atoms with Gasteiger partial charge in [0.1, 0.15) is 25.1 Å². The molecule has 1 aromatic heterocycles. The van der Waals surface area contributed by atoms with E-state index in [0.29, 0.717) is 27.6 Å². The van der Waals surface area contributed by atoms with Crippen LogP contribution in [0.25, 0.3) is 0 Å². The van der Waals surface area contributed by atoms with Crippen LogP contribution in [0, 0.1) is 5.82 Å². The SMILES string of the molecule is COc1cc(/C=N\n2cnnc2)cc(Cl)c1OCc1ccccc1F. The van der Waals surface area contributed by atoms with Gasteiger partial charge in [0.2, 0.25) is 0 Å². The van der Waals surface area contributed by atoms with Crippen molar-refractivity contribution in [2.45, 2.75) is 6.61 Å². The van der Waals surface area contributed by atoms with Crippen molar-refractivity contribution in [1.29, 1.82) is 0 Å². The number of hydrogen-bond acceptors (Lipinski definition) is 5. The zero-order valence-electron chi connectivity index (χ0n) is 13.3. The maximum Gasteiger partial charge on any atom is 0.180 e. The smallest absolute Gasteiger partial charge is 0.180 e. The largest absolute Gasteiger partial charge is 0.493 e. The summed E-state index contributed by atoms with van der Waals surface area (Å²) in [6, 6.07) is 9.78. The quantitative estimate of drug-likeness (QED) is 0.631. The highest BCUT2D eigenvalue weighted by Crippen LogP contribution is 2.36. The molecule has 128 valence electrons. The van der Waals surface area contributed by atoms with Crippen LogP contribution in [0.3, 0.4) is 0 Å². The molecule has 0 bridgehead atoms. The van der Waals surface area contributed by atoms with Crippen molar-refractivity contribution in [2.24, 2.45) is 5.10 Å². The zero-order valence-corrected chi connectivity index (χ0v) is 14.0. The van der Waals surface area contributed by atoms with Crippen molar-refractivity contribution < 1.29 is 13.9 Å². The standard InChI is InChI=1S/C17H14ClFN4O2/c1-24-16-7-12(8-22-23-10-20-21-11-23)6-14(18)17(16)25-9-13-4-2-3-5-15(13)19/h2-8,10-11H,9H2,1H3/b22-8-. The molecule has 3 rings (SSSR count). The number of benzene rings is 2. The predicted octanol–water partition coefficient (Wildman–Crippen LogP) is 3.54. The minimum Gasteiger partial charge on any atom is -0.493 e. The van der Waals surface area contributed by atoms with Crippen molar-refractivity contribution in [3.63, 3.8) is 0 Å². The van der Waals surface area contributed by atoms with E-state index < -0.39 is 0 Å². The lowest BCUT2D eigenvalue weighted by atomic mass is 10.2. The van der Waals surface area contributed by atoms with E-state index in [4.69, 9.17) is 21.1 Å². The van der Waals surface area contributed by atoms with Crippen molar-refractivity contribution in [3.05, 3.63) is 71.0 Å². The molecule has 0 spiro atoms. The fourth-order valence-electron chi connectivity index (χ4n) is 2.11. The molecule has 25 heavy (non-hydrogen) atoms. The molecule has 0 fully saturated rings. The first-order valence-electron chi connectivity index (χ1n) is 7.30. The van der Waals surface area contributed by atoms with Gasteiger partial charge in [-0.3, -0.25) is 0 Å². The molecule has 2 aromatic carbocycles. The van der Waals surface area contributed by atoms with E-state index >= 15 is 0 Å². The summed E-state index contributed by atoms with van der Waals surface area (Å²) in [6.07, 6.45) is 4.50. The molecule has 0 aliphatic carbocycles. The topological polar surface area (TPSA) is 61.5 Å². The fourth-order valence-corrected chi connectivity index (χ4v) is 2.38. The molecule has 0 saturated carbocycles. The van der Waals surface area contributed by atoms with Gasteiger partial charge < -0.3 is 9.47 Å². The first-order valence-corrected chi connectivity index (χ1v) is 7.68. The molecular weight excluding hydrogens is 347 g/mol. The van der Waals surface area contributed by atoms with Crippen molar-refractivity contribution in [3.8, 4) is 11.5 Å². The summed E-state index contributed by atoms with van der Waals surface area (Å²) < 4.78 is 26.1. The second-order valence-corrected chi connectivity index (χ2v) is 5.41. The molecule has 8 heteroatoms. The van der Waals surface area contributed by atoms with Crippen LogP contribution in [0.15, 0.2) is 54.2 Å². The molecule has 0 radical (unpaired) electrons. The molecule has 3 aromatic rings. The lowest BCUT2D eigenvalue weighted by Crippen LogP contribution is -2.01. The van der Waals surface area contributed by atoms with Gasteiger partial charge in [-0.1, -0.05) is 29.8 Å². The lowest BCUT2D eigenvalue weighted by Gasteiger charge is -2.13. The molecule has 0 unspecified atom stereocenters. The Morgan fingerprint density at radius 1 is 1.24 bits per heavy atom. The van der Waals surface area contributed by atoms with Gasteiger partial charge in [0.05, 0.1) is 18.3 Å². The van der Waals surface area contributed by atoms with Gasteiger partial charge in [0.15, 0.2) is 11.5 Å². The summed E-state index contributed by atoms with van der Waals surface area (Å²) in [4.78, 5) is 0. The Kier molecular flexibility index (Phi) is 5.25. The summed E-state index contributed by atoms with van der Waals surface area (Å²) in [6.45, 7) is 0.0386. The Labute approximate surface area is 148 Å². The second-order valence-electron chi connectivity index (χ2n) is 5.00. The van der Waals surface area contributed by atoms with Gasteiger partial charge in [-0.25, -0.2) is 9.07 Å². The number of methoxy groups -OCH3 is 1. The van der Waals surface area contributed by atoms with Gasteiger partial charge >= 0.3 is 0 Å². The number of hydrogen-bond donors (Lipinski definition) is 0. The Hall–Kier alpha value is -2.93. The molecule has 0 aliphatic heterocycles. The van der Waals surface area contributed by atoms with E-state index in [1.165, 1.54) is 30.5 Å². The van der Waals surface area contributed by atoms with Crippen LogP contribution in [0.5, 0.6) is 11.5 Å². The lowest BCUT2D eigenvalue weighted by molar-refractivity contribution is 0.280. The third-order valence-corrected chi connectivity index (χ3v) is 3.61. The number of aromatic nitrogens is 3. The number of nitrogens with zero attached hydrogens (tertiary/aromatic N) is 4. The summed E-state index contributed by atoms with van der Waals surface area (Å²) in [5, 5.41) is 11.8. The zero-order chi connectivity index (χ0) is 17.6. The monoisotopic (exact) mass is 360 g/mol. The van der Waals surface area contributed by atoms with Crippen LogP contribution in [0.4, 0.5) is 4.39 Å². The molecule has 0 amide bonds. The van der Waals surface area contributed by atoms with Crippen LogP contribution in [-0.4, -0.2) is 28.2 Å². The van der Waals surface area contributed by atoms with Crippen LogP contribution >= 0.6 is 11.6 Å². The Morgan fingerprint density at radius 2 is 2.00 bits per heavy atom. The Balaban J connectivity index is 1.81.